The van der Waals surface area contributed by atoms with Crippen LogP contribution in [0.25, 0.3) is 0 Å². The molecule has 0 aliphatic rings. The Hall–Kier alpha value is -1.12. The lowest BCUT2D eigenvalue weighted by Crippen LogP contribution is -2.31. The maximum Gasteiger partial charge on any atom is 0.253 e. The van der Waals surface area contributed by atoms with E-state index in [1.165, 1.54) is 44.9 Å². The van der Waals surface area contributed by atoms with Crippen molar-refractivity contribution in [3.05, 3.63) is 11.1 Å². The summed E-state index contributed by atoms with van der Waals surface area (Å²) in [7, 11) is 0. The molecule has 2 amide bonds. The van der Waals surface area contributed by atoms with Gasteiger partial charge in [0.05, 0.1) is 0 Å². The first-order valence-corrected chi connectivity index (χ1v) is 8.47. The van der Waals surface area contributed by atoms with Gasteiger partial charge in [-0.1, -0.05) is 63.9 Å². The van der Waals surface area contributed by atoms with Gasteiger partial charge in [-0.05, 0) is 27.2 Å². The van der Waals surface area contributed by atoms with Crippen LogP contribution < -0.4 is 5.32 Å². The lowest BCUT2D eigenvalue weighted by atomic mass is 10.1. The minimum atomic E-state index is -0.254. The molecule has 0 saturated carbocycles. The molecule has 0 aliphatic carbocycles. The van der Waals surface area contributed by atoms with E-state index in [0.717, 1.165) is 18.4 Å². The van der Waals surface area contributed by atoms with Crippen LogP contribution in [0.3, 0.4) is 0 Å². The predicted molar refractivity (Wildman–Crippen MR) is 89.0 cm³/mol. The highest BCUT2D eigenvalue weighted by atomic mass is 16.2. The normalized spacial score (nSPS) is 10.3. The molecule has 0 bridgehead atoms. The summed E-state index contributed by atoms with van der Waals surface area (Å²) in [6.07, 6.45) is 11.5. The average Bonchev–Trinajstić information content (AvgIpc) is 2.44. The van der Waals surface area contributed by atoms with Crippen molar-refractivity contribution in [3.8, 4) is 0 Å². The molecule has 0 aromatic carbocycles. The molecule has 0 heterocycles. The first-order valence-electron chi connectivity index (χ1n) is 8.47. The van der Waals surface area contributed by atoms with E-state index in [1.807, 2.05) is 13.8 Å². The number of unbranched alkanes of at least 4 members (excludes halogenated alkanes) is 8. The third kappa shape index (κ3) is 11.2. The number of carbonyl (C=O) groups is 2. The van der Waals surface area contributed by atoms with Crippen LogP contribution in [-0.4, -0.2) is 11.8 Å². The van der Waals surface area contributed by atoms with E-state index in [9.17, 15) is 9.59 Å². The Bertz CT molecular complexity index is 341. The SMILES string of the molecule is CCCCCCCCCCCC(=O)NC(=O)C(C)=C(C)C. The lowest BCUT2D eigenvalue weighted by Gasteiger charge is -2.06. The van der Waals surface area contributed by atoms with Gasteiger partial charge in [0.1, 0.15) is 0 Å². The molecule has 21 heavy (non-hydrogen) atoms. The van der Waals surface area contributed by atoms with Gasteiger partial charge >= 0.3 is 0 Å². The molecule has 0 unspecified atom stereocenters. The van der Waals surface area contributed by atoms with Crippen LogP contribution in [0, 0.1) is 0 Å². The van der Waals surface area contributed by atoms with E-state index >= 15 is 0 Å². The minimum absolute atomic E-state index is 0.149. The second kappa shape index (κ2) is 12.6. The molecular weight excluding hydrogens is 262 g/mol. The summed E-state index contributed by atoms with van der Waals surface area (Å²) in [4.78, 5) is 23.3. The van der Waals surface area contributed by atoms with E-state index in [-0.39, 0.29) is 11.8 Å². The monoisotopic (exact) mass is 295 g/mol. The Balaban J connectivity index is 3.55. The highest BCUT2D eigenvalue weighted by Crippen LogP contribution is 2.10. The van der Waals surface area contributed by atoms with Crippen molar-refractivity contribution in [3.63, 3.8) is 0 Å². The predicted octanol–water partition coefficient (Wildman–Crippen LogP) is 4.91. The standard InChI is InChI=1S/C18H33NO2/c1-5-6-7-8-9-10-11-12-13-14-17(20)19-18(21)16(4)15(2)3/h5-14H2,1-4H3,(H,19,20,21). The molecular formula is C18H33NO2. The van der Waals surface area contributed by atoms with Crippen molar-refractivity contribution < 1.29 is 9.59 Å². The van der Waals surface area contributed by atoms with Gasteiger partial charge in [0, 0.05) is 12.0 Å². The van der Waals surface area contributed by atoms with Crippen molar-refractivity contribution in [2.24, 2.45) is 0 Å². The van der Waals surface area contributed by atoms with Gasteiger partial charge < -0.3 is 0 Å². The molecule has 0 fully saturated rings. The zero-order valence-electron chi connectivity index (χ0n) is 14.4. The van der Waals surface area contributed by atoms with Crippen LogP contribution >= 0.6 is 0 Å². The average molecular weight is 295 g/mol. The zero-order valence-corrected chi connectivity index (χ0v) is 14.4. The highest BCUT2D eigenvalue weighted by Gasteiger charge is 2.09. The van der Waals surface area contributed by atoms with Crippen LogP contribution in [0.1, 0.15) is 91.9 Å². The largest absolute Gasteiger partial charge is 0.293 e. The van der Waals surface area contributed by atoms with Crippen LogP contribution in [0.5, 0.6) is 0 Å². The summed E-state index contributed by atoms with van der Waals surface area (Å²) in [5.74, 6) is -0.403. The number of rotatable bonds is 11. The van der Waals surface area contributed by atoms with Crippen molar-refractivity contribution in [2.45, 2.75) is 91.9 Å². The number of carbonyl (C=O) groups excluding carboxylic acids is 2. The molecule has 0 aliphatic heterocycles. The summed E-state index contributed by atoms with van der Waals surface area (Å²) in [6, 6.07) is 0. The smallest absolute Gasteiger partial charge is 0.253 e. The fourth-order valence-corrected chi connectivity index (χ4v) is 2.11. The number of nitrogens with one attached hydrogen (secondary N) is 1. The number of imide groups is 1. The maximum absolute atomic E-state index is 11.7. The van der Waals surface area contributed by atoms with Crippen molar-refractivity contribution in [2.75, 3.05) is 0 Å². The number of amides is 2. The summed E-state index contributed by atoms with van der Waals surface area (Å²) in [6.45, 7) is 7.73. The summed E-state index contributed by atoms with van der Waals surface area (Å²) >= 11 is 0. The topological polar surface area (TPSA) is 46.2 Å². The Morgan fingerprint density at radius 2 is 1.24 bits per heavy atom. The lowest BCUT2D eigenvalue weighted by molar-refractivity contribution is -0.128. The van der Waals surface area contributed by atoms with Crippen molar-refractivity contribution in [1.29, 1.82) is 0 Å². The van der Waals surface area contributed by atoms with Gasteiger partial charge in [-0.15, -0.1) is 0 Å². The molecule has 0 aromatic rings. The molecule has 3 heteroatoms. The second-order valence-electron chi connectivity index (χ2n) is 6.08. The Morgan fingerprint density at radius 3 is 1.71 bits per heavy atom. The third-order valence-corrected chi connectivity index (χ3v) is 3.85. The number of hydrogen-bond acceptors (Lipinski definition) is 2. The maximum atomic E-state index is 11.7. The minimum Gasteiger partial charge on any atom is -0.293 e. The van der Waals surface area contributed by atoms with Gasteiger partial charge in [0.25, 0.3) is 5.91 Å². The number of allylic oxidation sites excluding steroid dienone is 1. The van der Waals surface area contributed by atoms with E-state index < -0.39 is 0 Å². The summed E-state index contributed by atoms with van der Waals surface area (Å²) < 4.78 is 0. The van der Waals surface area contributed by atoms with E-state index in [2.05, 4.69) is 12.2 Å². The quantitative estimate of drug-likeness (QED) is 0.435. The zero-order chi connectivity index (χ0) is 16.1. The van der Waals surface area contributed by atoms with Crippen LogP contribution in [0.2, 0.25) is 0 Å². The third-order valence-electron chi connectivity index (χ3n) is 3.85. The second-order valence-corrected chi connectivity index (χ2v) is 6.08. The fraction of sp³-hybridized carbons (Fsp3) is 0.778. The van der Waals surface area contributed by atoms with Crippen molar-refractivity contribution in [1.82, 2.24) is 5.32 Å². The van der Waals surface area contributed by atoms with Gasteiger partial charge in [0.2, 0.25) is 5.91 Å². The van der Waals surface area contributed by atoms with Crippen LogP contribution in [0.15, 0.2) is 11.1 Å². The molecule has 122 valence electrons. The molecule has 3 nitrogen and oxygen atoms in total. The molecule has 0 saturated heterocycles. The van der Waals surface area contributed by atoms with Crippen molar-refractivity contribution >= 4 is 11.8 Å². The molecule has 0 radical (unpaired) electrons. The Kier molecular flexibility index (Phi) is 11.9. The summed E-state index contributed by atoms with van der Waals surface area (Å²) in [5, 5.41) is 2.45. The molecule has 1 N–H and O–H groups in total. The first-order chi connectivity index (χ1) is 9.99. The van der Waals surface area contributed by atoms with Gasteiger partial charge in [-0.3, -0.25) is 14.9 Å². The van der Waals surface area contributed by atoms with E-state index in [4.69, 9.17) is 0 Å². The van der Waals surface area contributed by atoms with Crippen LogP contribution in [0.4, 0.5) is 0 Å². The van der Waals surface area contributed by atoms with E-state index in [0.29, 0.717) is 12.0 Å². The fourth-order valence-electron chi connectivity index (χ4n) is 2.11. The summed E-state index contributed by atoms with van der Waals surface area (Å²) in [5.41, 5.74) is 1.58. The van der Waals surface area contributed by atoms with Gasteiger partial charge in [0.15, 0.2) is 0 Å². The molecule has 0 rings (SSSR count). The first kappa shape index (κ1) is 19.9. The van der Waals surface area contributed by atoms with Gasteiger partial charge in [-0.25, -0.2) is 0 Å². The highest BCUT2D eigenvalue weighted by molar-refractivity contribution is 6.04. The van der Waals surface area contributed by atoms with E-state index in [1.54, 1.807) is 6.92 Å². The Labute approximate surface area is 130 Å². The van der Waals surface area contributed by atoms with Gasteiger partial charge in [-0.2, -0.15) is 0 Å². The molecule has 0 atom stereocenters. The van der Waals surface area contributed by atoms with Crippen LogP contribution in [-0.2, 0) is 9.59 Å². The molecule has 0 aromatic heterocycles. The number of hydrogen-bond donors (Lipinski definition) is 1. The molecule has 0 spiro atoms. The Morgan fingerprint density at radius 1 is 0.762 bits per heavy atom.